The van der Waals surface area contributed by atoms with Gasteiger partial charge in [0.05, 0.1) is 11.7 Å². The number of nitrogens with one attached hydrogen (secondary N) is 1. The summed E-state index contributed by atoms with van der Waals surface area (Å²) in [4.78, 5) is 31.2. The first-order valence-electron chi connectivity index (χ1n) is 7.86. The zero-order chi connectivity index (χ0) is 16.2. The first kappa shape index (κ1) is 15.3. The van der Waals surface area contributed by atoms with Gasteiger partial charge in [-0.3, -0.25) is 4.79 Å². The van der Waals surface area contributed by atoms with E-state index in [0.29, 0.717) is 24.0 Å². The quantitative estimate of drug-likeness (QED) is 0.933. The van der Waals surface area contributed by atoms with Gasteiger partial charge in [0.2, 0.25) is 11.9 Å². The molecule has 0 aliphatic carbocycles. The summed E-state index contributed by atoms with van der Waals surface area (Å²) in [5.74, 6) is 1.97. The fourth-order valence-electron chi connectivity index (χ4n) is 2.88. The standard InChI is InChI=1S/C16H20N6O/c1-3-15(23)22-9-4-6-13(22)12-10-14(20-11(2)19-12)21-16-17-7-5-8-18-16/h5,7-8,10,13H,3-4,6,9H2,1-2H3,(H,17,18,19,20,21). The predicted octanol–water partition coefficient (Wildman–Crippen LogP) is 2.39. The van der Waals surface area contributed by atoms with E-state index in [1.165, 1.54) is 0 Å². The molecule has 1 aliphatic heterocycles. The van der Waals surface area contributed by atoms with E-state index in [1.54, 1.807) is 18.5 Å². The van der Waals surface area contributed by atoms with Crippen LogP contribution in [0.15, 0.2) is 24.5 Å². The van der Waals surface area contributed by atoms with Crippen LogP contribution in [-0.2, 0) is 4.79 Å². The van der Waals surface area contributed by atoms with Crippen molar-refractivity contribution in [2.24, 2.45) is 0 Å². The molecule has 7 heteroatoms. The minimum absolute atomic E-state index is 0.0291. The van der Waals surface area contributed by atoms with Gasteiger partial charge in [-0.15, -0.1) is 0 Å². The van der Waals surface area contributed by atoms with E-state index < -0.39 is 0 Å². The van der Waals surface area contributed by atoms with Crippen molar-refractivity contribution < 1.29 is 4.79 Å². The lowest BCUT2D eigenvalue weighted by Crippen LogP contribution is -2.30. The van der Waals surface area contributed by atoms with Gasteiger partial charge < -0.3 is 10.2 Å². The van der Waals surface area contributed by atoms with E-state index in [9.17, 15) is 4.79 Å². The fourth-order valence-corrected chi connectivity index (χ4v) is 2.88. The van der Waals surface area contributed by atoms with Crippen LogP contribution in [0.1, 0.15) is 43.7 Å². The maximum Gasteiger partial charge on any atom is 0.228 e. The van der Waals surface area contributed by atoms with E-state index in [0.717, 1.165) is 25.1 Å². The molecular formula is C16H20N6O. The Balaban J connectivity index is 1.87. The zero-order valence-electron chi connectivity index (χ0n) is 13.4. The van der Waals surface area contributed by atoms with E-state index >= 15 is 0 Å². The second-order valence-corrected chi connectivity index (χ2v) is 5.52. The van der Waals surface area contributed by atoms with Crippen molar-refractivity contribution in [3.8, 4) is 0 Å². The Morgan fingerprint density at radius 2 is 2.13 bits per heavy atom. The third-order valence-electron chi connectivity index (χ3n) is 3.88. The van der Waals surface area contributed by atoms with Crippen LogP contribution < -0.4 is 5.32 Å². The molecule has 1 N–H and O–H groups in total. The lowest BCUT2D eigenvalue weighted by molar-refractivity contribution is -0.131. The van der Waals surface area contributed by atoms with Gasteiger partial charge >= 0.3 is 0 Å². The third kappa shape index (κ3) is 3.44. The number of aryl methyl sites for hydroxylation is 1. The van der Waals surface area contributed by atoms with Gasteiger partial charge in [0.15, 0.2) is 0 Å². The highest BCUT2D eigenvalue weighted by Gasteiger charge is 2.30. The maximum atomic E-state index is 12.1. The molecule has 0 spiro atoms. The van der Waals surface area contributed by atoms with Crippen LogP contribution in [0, 0.1) is 6.92 Å². The molecule has 23 heavy (non-hydrogen) atoms. The molecule has 1 amide bonds. The molecule has 0 bridgehead atoms. The summed E-state index contributed by atoms with van der Waals surface area (Å²) < 4.78 is 0. The number of rotatable bonds is 4. The summed E-state index contributed by atoms with van der Waals surface area (Å²) in [6.07, 6.45) is 5.79. The number of amides is 1. The van der Waals surface area contributed by atoms with Crippen molar-refractivity contribution in [2.45, 2.75) is 39.2 Å². The van der Waals surface area contributed by atoms with Crippen molar-refractivity contribution in [3.05, 3.63) is 36.0 Å². The average Bonchev–Trinajstić information content (AvgIpc) is 3.04. The second-order valence-electron chi connectivity index (χ2n) is 5.52. The van der Waals surface area contributed by atoms with Gasteiger partial charge in [-0.1, -0.05) is 6.92 Å². The predicted molar refractivity (Wildman–Crippen MR) is 86.1 cm³/mol. The molecule has 0 aromatic carbocycles. The number of carbonyl (C=O) groups excluding carboxylic acids is 1. The summed E-state index contributed by atoms with van der Waals surface area (Å²) in [5, 5.41) is 3.09. The van der Waals surface area contributed by atoms with Gasteiger partial charge in [0, 0.05) is 31.4 Å². The highest BCUT2D eigenvalue weighted by atomic mass is 16.2. The Labute approximate surface area is 135 Å². The van der Waals surface area contributed by atoms with Gasteiger partial charge in [-0.05, 0) is 25.8 Å². The van der Waals surface area contributed by atoms with E-state index in [1.807, 2.05) is 24.8 Å². The van der Waals surface area contributed by atoms with Crippen LogP contribution in [0.5, 0.6) is 0 Å². The van der Waals surface area contributed by atoms with Crippen molar-refractivity contribution in [1.82, 2.24) is 24.8 Å². The Bertz CT molecular complexity index is 690. The molecule has 0 radical (unpaired) electrons. The van der Waals surface area contributed by atoms with Crippen LogP contribution in [0.25, 0.3) is 0 Å². The van der Waals surface area contributed by atoms with Gasteiger partial charge in [-0.25, -0.2) is 19.9 Å². The summed E-state index contributed by atoms with van der Waals surface area (Å²) >= 11 is 0. The fraction of sp³-hybridized carbons (Fsp3) is 0.438. The lowest BCUT2D eigenvalue weighted by Gasteiger charge is -2.24. The zero-order valence-corrected chi connectivity index (χ0v) is 13.4. The van der Waals surface area contributed by atoms with Crippen molar-refractivity contribution in [1.29, 1.82) is 0 Å². The maximum absolute atomic E-state index is 12.1. The minimum Gasteiger partial charge on any atom is -0.334 e. The van der Waals surface area contributed by atoms with E-state index in [2.05, 4.69) is 25.3 Å². The number of carbonyl (C=O) groups is 1. The second kappa shape index (κ2) is 6.68. The third-order valence-corrected chi connectivity index (χ3v) is 3.88. The van der Waals surface area contributed by atoms with Crippen molar-refractivity contribution in [3.63, 3.8) is 0 Å². The average molecular weight is 312 g/mol. The molecule has 1 atom stereocenters. The van der Waals surface area contributed by atoms with Gasteiger partial charge in [-0.2, -0.15) is 0 Å². The molecule has 1 saturated heterocycles. The Morgan fingerprint density at radius 3 is 2.87 bits per heavy atom. The number of likely N-dealkylation sites (tertiary alicyclic amines) is 1. The molecule has 0 saturated carbocycles. The minimum atomic E-state index is 0.0291. The molecular weight excluding hydrogens is 292 g/mol. The molecule has 1 fully saturated rings. The Hall–Kier alpha value is -2.57. The number of aromatic nitrogens is 4. The highest BCUT2D eigenvalue weighted by Crippen LogP contribution is 2.32. The first-order chi connectivity index (χ1) is 11.2. The van der Waals surface area contributed by atoms with Gasteiger partial charge in [0.1, 0.15) is 11.6 Å². The van der Waals surface area contributed by atoms with E-state index in [4.69, 9.17) is 0 Å². The molecule has 1 unspecified atom stereocenters. The topological polar surface area (TPSA) is 83.9 Å². The lowest BCUT2D eigenvalue weighted by atomic mass is 10.1. The molecule has 120 valence electrons. The highest BCUT2D eigenvalue weighted by molar-refractivity contribution is 5.76. The molecule has 7 nitrogen and oxygen atoms in total. The Morgan fingerprint density at radius 1 is 1.35 bits per heavy atom. The van der Waals surface area contributed by atoms with Crippen molar-refractivity contribution >= 4 is 17.7 Å². The van der Waals surface area contributed by atoms with Crippen LogP contribution in [-0.4, -0.2) is 37.3 Å². The van der Waals surface area contributed by atoms with E-state index in [-0.39, 0.29) is 11.9 Å². The first-order valence-corrected chi connectivity index (χ1v) is 7.86. The summed E-state index contributed by atoms with van der Waals surface area (Å²) in [7, 11) is 0. The Kier molecular flexibility index (Phi) is 4.45. The van der Waals surface area contributed by atoms with Crippen LogP contribution in [0.2, 0.25) is 0 Å². The van der Waals surface area contributed by atoms with Crippen LogP contribution in [0.3, 0.4) is 0 Å². The monoisotopic (exact) mass is 312 g/mol. The molecule has 2 aromatic heterocycles. The van der Waals surface area contributed by atoms with Crippen LogP contribution in [0.4, 0.5) is 11.8 Å². The summed E-state index contributed by atoms with van der Waals surface area (Å²) in [6.45, 7) is 4.54. The number of hydrogen-bond acceptors (Lipinski definition) is 6. The molecule has 3 heterocycles. The normalized spacial score (nSPS) is 17.3. The molecule has 1 aliphatic rings. The van der Waals surface area contributed by atoms with Crippen LogP contribution >= 0.6 is 0 Å². The summed E-state index contributed by atoms with van der Waals surface area (Å²) in [6, 6.07) is 3.67. The van der Waals surface area contributed by atoms with Gasteiger partial charge in [0.25, 0.3) is 0 Å². The summed E-state index contributed by atoms with van der Waals surface area (Å²) in [5.41, 5.74) is 0.871. The molecule has 2 aromatic rings. The number of nitrogens with zero attached hydrogens (tertiary/aromatic N) is 5. The molecule has 3 rings (SSSR count). The SMILES string of the molecule is CCC(=O)N1CCCC1c1cc(Nc2ncccn2)nc(C)n1. The number of hydrogen-bond donors (Lipinski definition) is 1. The number of anilines is 2. The smallest absolute Gasteiger partial charge is 0.228 e. The van der Waals surface area contributed by atoms with Crippen molar-refractivity contribution in [2.75, 3.05) is 11.9 Å². The largest absolute Gasteiger partial charge is 0.334 e.